The van der Waals surface area contributed by atoms with Gasteiger partial charge in [-0.1, -0.05) is 0 Å². The summed E-state index contributed by atoms with van der Waals surface area (Å²) in [5.74, 6) is -0.663. The molecule has 0 spiro atoms. The number of benzene rings is 1. The van der Waals surface area contributed by atoms with Crippen molar-refractivity contribution in [2.75, 3.05) is 12.3 Å². The molecule has 21 heavy (non-hydrogen) atoms. The van der Waals surface area contributed by atoms with E-state index in [0.29, 0.717) is 6.42 Å². The Morgan fingerprint density at radius 1 is 1.29 bits per heavy atom. The maximum atomic E-state index is 13.3. The van der Waals surface area contributed by atoms with Crippen LogP contribution in [0.3, 0.4) is 0 Å². The quantitative estimate of drug-likeness (QED) is 0.674. The second-order valence-electron chi connectivity index (χ2n) is 4.16. The number of rotatable bonds is 5. The molecule has 0 aliphatic heterocycles. The van der Waals surface area contributed by atoms with Crippen molar-refractivity contribution in [3.05, 3.63) is 43.2 Å². The van der Waals surface area contributed by atoms with Gasteiger partial charge in [0.25, 0.3) is 0 Å². The first-order valence-corrected chi connectivity index (χ1v) is 9.66. The lowest BCUT2D eigenvalue weighted by molar-refractivity contribution is 0.580. The summed E-state index contributed by atoms with van der Waals surface area (Å²) < 4.78 is 41.2. The minimum atomic E-state index is -3.74. The van der Waals surface area contributed by atoms with E-state index in [2.05, 4.69) is 36.6 Å². The van der Waals surface area contributed by atoms with Crippen molar-refractivity contribution in [2.24, 2.45) is 0 Å². The number of hydrogen-bond donors (Lipinski definition) is 2. The SMILES string of the molecule is Nc1cc(S(=O)(=O)NCCc2ccc(Br)s2)c(Br)cc1F. The van der Waals surface area contributed by atoms with Crippen LogP contribution in [0, 0.1) is 5.82 Å². The topological polar surface area (TPSA) is 72.2 Å². The van der Waals surface area contributed by atoms with Gasteiger partial charge in [-0.15, -0.1) is 11.3 Å². The van der Waals surface area contributed by atoms with Gasteiger partial charge in [0.15, 0.2) is 0 Å². The molecule has 1 aromatic heterocycles. The monoisotopic (exact) mass is 456 g/mol. The summed E-state index contributed by atoms with van der Waals surface area (Å²) in [6.07, 6.45) is 0.573. The molecule has 3 N–H and O–H groups in total. The Labute approximate surface area is 142 Å². The maximum Gasteiger partial charge on any atom is 0.241 e. The highest BCUT2D eigenvalue weighted by molar-refractivity contribution is 9.11. The summed E-state index contributed by atoms with van der Waals surface area (Å²) in [5, 5.41) is 0. The van der Waals surface area contributed by atoms with Crippen molar-refractivity contribution in [1.29, 1.82) is 0 Å². The number of anilines is 1. The summed E-state index contributed by atoms with van der Waals surface area (Å²) in [6.45, 7) is 0.249. The molecule has 0 saturated carbocycles. The van der Waals surface area contributed by atoms with Crippen molar-refractivity contribution in [1.82, 2.24) is 4.72 Å². The first-order chi connectivity index (χ1) is 9.79. The van der Waals surface area contributed by atoms with Gasteiger partial charge in [-0.2, -0.15) is 0 Å². The molecule has 0 radical (unpaired) electrons. The summed E-state index contributed by atoms with van der Waals surface area (Å²) in [7, 11) is -3.74. The molecule has 0 bridgehead atoms. The number of halogens is 3. The van der Waals surface area contributed by atoms with Gasteiger partial charge in [-0.3, -0.25) is 0 Å². The standard InChI is InChI=1S/C12H11Br2FN2O2S2/c13-8-5-9(15)10(16)6-11(8)21(18,19)17-4-3-7-1-2-12(14)20-7/h1-2,5-6,17H,3-4,16H2. The van der Waals surface area contributed by atoms with Crippen LogP contribution in [0.15, 0.2) is 37.4 Å². The first-order valence-electron chi connectivity index (χ1n) is 5.78. The molecular weight excluding hydrogens is 447 g/mol. The number of nitrogens with two attached hydrogens (primary N) is 1. The Bertz CT molecular complexity index is 763. The van der Waals surface area contributed by atoms with E-state index < -0.39 is 15.8 Å². The molecule has 0 unspecified atom stereocenters. The molecule has 2 rings (SSSR count). The Kier molecular flexibility index (Phi) is 5.42. The van der Waals surface area contributed by atoms with Gasteiger partial charge in [0.05, 0.1) is 14.4 Å². The maximum absolute atomic E-state index is 13.3. The van der Waals surface area contributed by atoms with Gasteiger partial charge in [-0.05, 0) is 62.5 Å². The highest BCUT2D eigenvalue weighted by Gasteiger charge is 2.19. The lowest BCUT2D eigenvalue weighted by Gasteiger charge is -2.09. The second kappa shape index (κ2) is 6.74. The van der Waals surface area contributed by atoms with Gasteiger partial charge in [-0.25, -0.2) is 17.5 Å². The molecule has 9 heteroatoms. The molecule has 1 aromatic carbocycles. The smallest absolute Gasteiger partial charge is 0.241 e. The molecule has 0 saturated heterocycles. The van der Waals surface area contributed by atoms with Crippen LogP contribution in [0.1, 0.15) is 4.88 Å². The van der Waals surface area contributed by atoms with Crippen LogP contribution in [0.2, 0.25) is 0 Å². The van der Waals surface area contributed by atoms with Gasteiger partial charge < -0.3 is 5.73 Å². The lowest BCUT2D eigenvalue weighted by atomic mass is 10.3. The number of hydrogen-bond acceptors (Lipinski definition) is 4. The number of nitrogens with one attached hydrogen (secondary N) is 1. The molecule has 0 aliphatic carbocycles. The van der Waals surface area contributed by atoms with Crippen molar-refractivity contribution in [3.8, 4) is 0 Å². The van der Waals surface area contributed by atoms with E-state index in [0.717, 1.165) is 20.8 Å². The van der Waals surface area contributed by atoms with Crippen LogP contribution in [-0.2, 0) is 16.4 Å². The fraction of sp³-hybridized carbons (Fsp3) is 0.167. The average molecular weight is 458 g/mol. The Hall–Kier alpha value is -0.480. The highest BCUT2D eigenvalue weighted by Crippen LogP contribution is 2.27. The lowest BCUT2D eigenvalue weighted by Crippen LogP contribution is -2.26. The van der Waals surface area contributed by atoms with Crippen molar-refractivity contribution in [3.63, 3.8) is 0 Å². The average Bonchev–Trinajstić information content (AvgIpc) is 2.79. The van der Waals surface area contributed by atoms with Crippen LogP contribution in [0.25, 0.3) is 0 Å². The Morgan fingerprint density at radius 3 is 2.62 bits per heavy atom. The molecule has 2 aromatic rings. The van der Waals surface area contributed by atoms with Crippen molar-refractivity contribution in [2.45, 2.75) is 11.3 Å². The summed E-state index contributed by atoms with van der Waals surface area (Å²) in [5.41, 5.74) is 5.21. The summed E-state index contributed by atoms with van der Waals surface area (Å²) in [6, 6.07) is 5.98. The minimum absolute atomic E-state index is 0.0752. The zero-order chi connectivity index (χ0) is 15.6. The molecule has 4 nitrogen and oxygen atoms in total. The van der Waals surface area contributed by atoms with E-state index in [9.17, 15) is 12.8 Å². The zero-order valence-corrected chi connectivity index (χ0v) is 15.4. The second-order valence-corrected chi connectivity index (χ2v) is 9.30. The third kappa shape index (κ3) is 4.26. The van der Waals surface area contributed by atoms with Gasteiger partial charge in [0.1, 0.15) is 5.82 Å². The highest BCUT2D eigenvalue weighted by atomic mass is 79.9. The van der Waals surface area contributed by atoms with Crippen LogP contribution in [0.5, 0.6) is 0 Å². The minimum Gasteiger partial charge on any atom is -0.396 e. The number of nitrogen functional groups attached to an aromatic ring is 1. The zero-order valence-electron chi connectivity index (χ0n) is 10.6. The fourth-order valence-electron chi connectivity index (χ4n) is 1.62. The largest absolute Gasteiger partial charge is 0.396 e. The van der Waals surface area contributed by atoms with Gasteiger partial charge in [0.2, 0.25) is 10.0 Å². The van der Waals surface area contributed by atoms with Crippen molar-refractivity contribution < 1.29 is 12.8 Å². The van der Waals surface area contributed by atoms with E-state index in [1.165, 1.54) is 0 Å². The van der Waals surface area contributed by atoms with E-state index >= 15 is 0 Å². The molecule has 1 heterocycles. The van der Waals surface area contributed by atoms with E-state index in [-0.39, 0.29) is 21.6 Å². The molecule has 0 fully saturated rings. The predicted octanol–water partition coefficient (Wildman–Crippen LogP) is 3.52. The van der Waals surface area contributed by atoms with Crippen molar-refractivity contribution >= 4 is 58.9 Å². The van der Waals surface area contributed by atoms with E-state index in [1.807, 2.05) is 12.1 Å². The van der Waals surface area contributed by atoms with Crippen LogP contribution in [-0.4, -0.2) is 15.0 Å². The van der Waals surface area contributed by atoms with Crippen LogP contribution >= 0.6 is 43.2 Å². The third-order valence-corrected chi connectivity index (χ3v) is 6.74. The third-order valence-electron chi connectivity index (χ3n) is 2.63. The van der Waals surface area contributed by atoms with E-state index in [1.54, 1.807) is 11.3 Å². The molecule has 114 valence electrons. The molecular formula is C12H11Br2FN2O2S2. The van der Waals surface area contributed by atoms with Gasteiger partial charge >= 0.3 is 0 Å². The summed E-state index contributed by atoms with van der Waals surface area (Å²) >= 11 is 7.93. The van der Waals surface area contributed by atoms with Crippen LogP contribution in [0.4, 0.5) is 10.1 Å². The number of thiophene rings is 1. The Morgan fingerprint density at radius 2 is 2.00 bits per heavy atom. The fourth-order valence-corrected chi connectivity index (χ4v) is 5.18. The summed E-state index contributed by atoms with van der Waals surface area (Å²) in [4.78, 5) is 0.982. The normalized spacial score (nSPS) is 11.8. The Balaban J connectivity index is 2.10. The molecule has 0 amide bonds. The predicted molar refractivity (Wildman–Crippen MR) is 89.4 cm³/mol. The first kappa shape index (κ1) is 16.9. The number of sulfonamides is 1. The van der Waals surface area contributed by atoms with E-state index in [4.69, 9.17) is 5.73 Å². The van der Waals surface area contributed by atoms with Gasteiger partial charge in [0, 0.05) is 15.9 Å². The van der Waals surface area contributed by atoms with Crippen LogP contribution < -0.4 is 10.5 Å². The molecule has 0 aliphatic rings. The molecule has 0 atom stereocenters.